The second-order valence-corrected chi connectivity index (χ2v) is 6.77. The van der Waals surface area contributed by atoms with Crippen molar-refractivity contribution in [3.8, 4) is 0 Å². The van der Waals surface area contributed by atoms with Crippen molar-refractivity contribution in [3.05, 3.63) is 66.2 Å². The molecule has 0 saturated carbocycles. The van der Waals surface area contributed by atoms with Gasteiger partial charge in [0, 0.05) is 12.1 Å². The smallest absolute Gasteiger partial charge is 0.326 e. The number of β-lactam (4-membered cyclic amide) rings is 2. The van der Waals surface area contributed by atoms with E-state index in [0.717, 1.165) is 10.5 Å². The number of rotatable bonds is 5. The maximum absolute atomic E-state index is 12.8. The first-order chi connectivity index (χ1) is 13.5. The number of amides is 3. The van der Waals surface area contributed by atoms with Crippen LogP contribution in [0, 0.1) is 0 Å². The largest absolute Gasteiger partial charge is 0.459 e. The summed E-state index contributed by atoms with van der Waals surface area (Å²) in [7, 11) is 0. The van der Waals surface area contributed by atoms with E-state index in [1.807, 2.05) is 30.3 Å². The molecule has 1 spiro atoms. The molecular weight excluding hydrogens is 360 g/mol. The molecule has 0 radical (unpaired) electrons. The molecule has 28 heavy (non-hydrogen) atoms. The first-order valence-corrected chi connectivity index (χ1v) is 8.98. The van der Waals surface area contributed by atoms with Gasteiger partial charge in [-0.2, -0.15) is 0 Å². The zero-order valence-electron chi connectivity index (χ0n) is 15.0. The molecule has 0 unspecified atom stereocenters. The number of para-hydroxylation sites is 1. The molecule has 0 bridgehead atoms. The molecule has 2 fully saturated rings. The highest BCUT2D eigenvalue weighted by molar-refractivity contribution is 6.33. The van der Waals surface area contributed by atoms with Crippen molar-refractivity contribution in [2.24, 2.45) is 0 Å². The van der Waals surface area contributed by atoms with Crippen molar-refractivity contribution < 1.29 is 23.9 Å². The van der Waals surface area contributed by atoms with E-state index in [9.17, 15) is 19.2 Å². The van der Waals surface area contributed by atoms with Gasteiger partial charge in [0.15, 0.2) is 0 Å². The van der Waals surface area contributed by atoms with Crippen molar-refractivity contribution in [1.29, 1.82) is 0 Å². The average molecular weight is 378 g/mol. The quantitative estimate of drug-likeness (QED) is 0.449. The van der Waals surface area contributed by atoms with Gasteiger partial charge in [0.1, 0.15) is 13.2 Å². The van der Waals surface area contributed by atoms with E-state index >= 15 is 0 Å². The van der Waals surface area contributed by atoms with Crippen LogP contribution in [0.1, 0.15) is 18.4 Å². The Balaban J connectivity index is 1.45. The highest BCUT2D eigenvalue weighted by Gasteiger charge is 2.68. The number of carbonyl (C=O) groups excluding carboxylic acids is 4. The van der Waals surface area contributed by atoms with Crippen molar-refractivity contribution >= 4 is 29.4 Å². The van der Waals surface area contributed by atoms with E-state index in [1.54, 1.807) is 30.3 Å². The maximum atomic E-state index is 12.8. The molecule has 2 saturated heterocycles. The molecule has 2 aromatic rings. The molecule has 0 N–H and O–H groups in total. The summed E-state index contributed by atoms with van der Waals surface area (Å²) in [4.78, 5) is 52.3. The third kappa shape index (κ3) is 2.76. The highest BCUT2D eigenvalue weighted by Crippen LogP contribution is 2.43. The van der Waals surface area contributed by atoms with Gasteiger partial charge >= 0.3 is 5.97 Å². The van der Waals surface area contributed by atoms with Crippen molar-refractivity contribution in [2.45, 2.75) is 25.0 Å². The van der Waals surface area contributed by atoms with Crippen LogP contribution in [0.25, 0.3) is 0 Å². The summed E-state index contributed by atoms with van der Waals surface area (Å²) in [6.45, 7) is -0.390. The monoisotopic (exact) mass is 378 g/mol. The number of likely N-dealkylation sites (tertiary alicyclic amines) is 1. The van der Waals surface area contributed by atoms with Gasteiger partial charge in [0.25, 0.3) is 11.8 Å². The summed E-state index contributed by atoms with van der Waals surface area (Å²) in [5, 5.41) is 0. The first kappa shape index (κ1) is 17.9. The summed E-state index contributed by atoms with van der Waals surface area (Å²) < 4.78 is 5.15. The van der Waals surface area contributed by atoms with Crippen LogP contribution in [0.15, 0.2) is 60.7 Å². The van der Waals surface area contributed by atoms with Gasteiger partial charge in [0.2, 0.25) is 11.4 Å². The normalized spacial score (nSPS) is 17.8. The molecule has 2 aliphatic rings. The Hall–Kier alpha value is -3.48. The third-order valence-electron chi connectivity index (χ3n) is 5.07. The zero-order chi connectivity index (χ0) is 19.7. The van der Waals surface area contributed by atoms with E-state index in [1.165, 1.54) is 4.90 Å². The Morgan fingerprint density at radius 2 is 1.54 bits per heavy atom. The number of hydrogen-bond acceptors (Lipinski definition) is 5. The summed E-state index contributed by atoms with van der Waals surface area (Å²) in [6.07, 6.45) is 0.229. The number of hydrogen-bond donors (Lipinski definition) is 0. The molecule has 142 valence electrons. The Labute approximate surface area is 161 Å². The predicted molar refractivity (Wildman–Crippen MR) is 98.9 cm³/mol. The molecule has 2 aromatic carbocycles. The van der Waals surface area contributed by atoms with Crippen molar-refractivity contribution in [2.75, 3.05) is 11.4 Å². The Morgan fingerprint density at radius 1 is 0.929 bits per heavy atom. The number of benzene rings is 2. The highest BCUT2D eigenvalue weighted by atomic mass is 16.5. The molecule has 7 heteroatoms. The summed E-state index contributed by atoms with van der Waals surface area (Å²) >= 11 is 0. The average Bonchev–Trinajstić information content (AvgIpc) is 3.10. The zero-order valence-corrected chi connectivity index (χ0v) is 15.0. The number of ether oxygens (including phenoxy) is 1. The Kier molecular flexibility index (Phi) is 4.43. The van der Waals surface area contributed by atoms with Crippen LogP contribution in [-0.4, -0.2) is 40.7 Å². The van der Waals surface area contributed by atoms with Gasteiger partial charge in [0.05, 0.1) is 0 Å². The van der Waals surface area contributed by atoms with Crippen LogP contribution < -0.4 is 4.90 Å². The predicted octanol–water partition coefficient (Wildman–Crippen LogP) is 1.66. The topological polar surface area (TPSA) is 84.0 Å². The molecule has 3 amide bonds. The molecule has 2 aliphatic heterocycles. The number of carbonyl (C=O) groups is 4. The van der Waals surface area contributed by atoms with E-state index < -0.39 is 29.9 Å². The van der Waals surface area contributed by atoms with E-state index in [-0.39, 0.29) is 25.4 Å². The van der Waals surface area contributed by atoms with Crippen molar-refractivity contribution in [1.82, 2.24) is 4.90 Å². The van der Waals surface area contributed by atoms with Crippen LogP contribution in [0.4, 0.5) is 5.69 Å². The van der Waals surface area contributed by atoms with Gasteiger partial charge < -0.3 is 4.74 Å². The molecule has 0 aliphatic carbocycles. The number of anilines is 1. The second-order valence-electron chi connectivity index (χ2n) is 6.77. The lowest BCUT2D eigenvalue weighted by molar-refractivity contribution is -0.173. The van der Waals surface area contributed by atoms with Crippen LogP contribution in [0.3, 0.4) is 0 Å². The number of esters is 1. The van der Waals surface area contributed by atoms with Gasteiger partial charge in [-0.3, -0.25) is 29.0 Å². The lowest BCUT2D eigenvalue weighted by Crippen LogP contribution is -2.77. The first-order valence-electron chi connectivity index (χ1n) is 8.98. The molecule has 4 rings (SSSR count). The molecule has 2 heterocycles. The van der Waals surface area contributed by atoms with E-state index in [4.69, 9.17) is 4.74 Å². The molecule has 0 aromatic heterocycles. The Bertz CT molecular complexity index is 926. The minimum atomic E-state index is -1.53. The van der Waals surface area contributed by atoms with E-state index in [2.05, 4.69) is 0 Å². The minimum absolute atomic E-state index is 0.0651. The SMILES string of the molecule is O=C(CN1C(=O)C2(CCC(=O)N2c2ccccc2)C1=O)OCc1ccccc1. The lowest BCUT2D eigenvalue weighted by atomic mass is 9.84. The van der Waals surface area contributed by atoms with Gasteiger partial charge in [-0.05, 0) is 24.1 Å². The lowest BCUT2D eigenvalue weighted by Gasteiger charge is -2.47. The molecule has 7 nitrogen and oxygen atoms in total. The van der Waals surface area contributed by atoms with Crippen LogP contribution >= 0.6 is 0 Å². The van der Waals surface area contributed by atoms with Crippen LogP contribution in [-0.2, 0) is 30.5 Å². The van der Waals surface area contributed by atoms with Crippen LogP contribution in [0.5, 0.6) is 0 Å². The van der Waals surface area contributed by atoms with E-state index in [0.29, 0.717) is 5.69 Å². The van der Waals surface area contributed by atoms with Crippen molar-refractivity contribution in [3.63, 3.8) is 0 Å². The summed E-state index contributed by atoms with van der Waals surface area (Å²) in [5.41, 5.74) is -0.221. The second kappa shape index (κ2) is 6.92. The maximum Gasteiger partial charge on any atom is 0.326 e. The van der Waals surface area contributed by atoms with Gasteiger partial charge in [-0.1, -0.05) is 48.5 Å². The fraction of sp³-hybridized carbons (Fsp3) is 0.238. The fourth-order valence-corrected chi connectivity index (χ4v) is 3.70. The Morgan fingerprint density at radius 3 is 2.18 bits per heavy atom. The fourth-order valence-electron chi connectivity index (χ4n) is 3.70. The minimum Gasteiger partial charge on any atom is -0.459 e. The summed E-state index contributed by atoms with van der Waals surface area (Å²) in [6, 6.07) is 17.7. The van der Waals surface area contributed by atoms with Gasteiger partial charge in [-0.25, -0.2) is 0 Å². The molecular formula is C21H18N2O5. The summed E-state index contributed by atoms with van der Waals surface area (Å²) in [5.74, 6) is -2.03. The van der Waals surface area contributed by atoms with Gasteiger partial charge in [-0.15, -0.1) is 0 Å². The molecule has 0 atom stereocenters. The van der Waals surface area contributed by atoms with Crippen LogP contribution in [0.2, 0.25) is 0 Å². The number of imide groups is 1. The third-order valence-corrected chi connectivity index (χ3v) is 5.07. The standard InChI is InChI=1S/C21H18N2O5/c24-17-11-12-21(23(17)16-9-5-2-6-10-16)19(26)22(20(21)27)13-18(25)28-14-15-7-3-1-4-8-15/h1-10H,11-14H2. The number of nitrogens with zero attached hydrogens (tertiary/aromatic N) is 2.